The Morgan fingerprint density at radius 3 is 2.18 bits per heavy atom. The van der Waals surface area contributed by atoms with Gasteiger partial charge >= 0.3 is 0 Å². The molecule has 2 nitrogen and oxygen atoms in total. The summed E-state index contributed by atoms with van der Waals surface area (Å²) in [7, 11) is 0. The Kier molecular flexibility index (Phi) is 4.82. The highest BCUT2D eigenvalue weighted by molar-refractivity contribution is 5.87. The minimum Gasteiger partial charge on any atom is -0.456 e. The molecule has 156 valence electrons. The Bertz CT molecular complexity index is 1590. The van der Waals surface area contributed by atoms with Crippen molar-refractivity contribution in [3.05, 3.63) is 127 Å². The largest absolute Gasteiger partial charge is 0.456 e. The second-order valence-electron chi connectivity index (χ2n) is 8.15. The van der Waals surface area contributed by atoms with E-state index in [1.54, 1.807) is 0 Å². The highest BCUT2D eigenvalue weighted by Crippen LogP contribution is 2.31. The van der Waals surface area contributed by atoms with Crippen LogP contribution in [0.5, 0.6) is 0 Å². The normalized spacial score (nSPS) is 11.5. The van der Waals surface area contributed by atoms with Crippen LogP contribution in [0.15, 0.2) is 120 Å². The molecular weight excluding hydrogens is 402 g/mol. The molecule has 0 spiro atoms. The predicted octanol–water partition coefficient (Wildman–Crippen LogP) is 8.49. The molecule has 6 rings (SSSR count). The Balaban J connectivity index is 1.24. The van der Waals surface area contributed by atoms with Crippen LogP contribution in [0.25, 0.3) is 56.5 Å². The van der Waals surface area contributed by atoms with E-state index in [0.717, 1.165) is 44.3 Å². The molecule has 0 aliphatic rings. The number of hydrogen-bond donors (Lipinski definition) is 0. The van der Waals surface area contributed by atoms with Crippen molar-refractivity contribution in [3.8, 4) is 22.5 Å². The Morgan fingerprint density at radius 2 is 1.30 bits per heavy atom. The lowest BCUT2D eigenvalue weighted by molar-refractivity contribution is 0.631. The lowest BCUT2D eigenvalue weighted by atomic mass is 10.0. The number of benzene rings is 4. The topological polar surface area (TPSA) is 26.0 Å². The minimum atomic E-state index is 0.879. The van der Waals surface area contributed by atoms with Crippen molar-refractivity contribution in [3.63, 3.8) is 0 Å². The van der Waals surface area contributed by atoms with Gasteiger partial charge in [0.2, 0.25) is 0 Å². The molecule has 4 aromatic carbocycles. The number of furan rings is 1. The number of rotatable bonds is 4. The van der Waals surface area contributed by atoms with Crippen LogP contribution < -0.4 is 0 Å². The molecule has 6 aromatic rings. The van der Waals surface area contributed by atoms with Gasteiger partial charge < -0.3 is 4.42 Å². The fourth-order valence-electron chi connectivity index (χ4n) is 4.13. The minimum absolute atomic E-state index is 0.879. The van der Waals surface area contributed by atoms with Crippen LogP contribution in [-0.4, -0.2) is 4.98 Å². The number of aromatic nitrogens is 1. The maximum atomic E-state index is 6.13. The molecule has 2 heterocycles. The van der Waals surface area contributed by atoms with Crippen LogP contribution in [0.4, 0.5) is 0 Å². The standard InChI is InChI=1S/C31H21NO/c1-2-6-24(7-3-1)26-16-17-30-28(19-26)20-31(33-30)25-14-12-22(13-15-25)10-11-23-18-27-8-4-5-9-29(27)32-21-23/h1-21H. The fraction of sp³-hybridized carbons (Fsp3) is 0. The summed E-state index contributed by atoms with van der Waals surface area (Å²) in [5, 5.41) is 2.26. The summed E-state index contributed by atoms with van der Waals surface area (Å²) in [6.07, 6.45) is 6.12. The first-order valence-electron chi connectivity index (χ1n) is 11.0. The monoisotopic (exact) mass is 423 g/mol. The van der Waals surface area contributed by atoms with Crippen molar-refractivity contribution in [2.24, 2.45) is 0 Å². The molecule has 0 saturated heterocycles. The van der Waals surface area contributed by atoms with E-state index in [4.69, 9.17) is 4.42 Å². The fourth-order valence-corrected chi connectivity index (χ4v) is 4.13. The molecule has 0 amide bonds. The van der Waals surface area contributed by atoms with Gasteiger partial charge in [-0.3, -0.25) is 4.98 Å². The molecule has 2 heteroatoms. The first-order valence-corrected chi connectivity index (χ1v) is 11.0. The van der Waals surface area contributed by atoms with Crippen LogP contribution >= 0.6 is 0 Å². The Labute approximate surface area is 192 Å². The van der Waals surface area contributed by atoms with Crippen molar-refractivity contribution in [2.45, 2.75) is 0 Å². The van der Waals surface area contributed by atoms with E-state index >= 15 is 0 Å². The molecule has 0 aliphatic carbocycles. The third kappa shape index (κ3) is 3.95. The Hall–Kier alpha value is -4.43. The summed E-state index contributed by atoms with van der Waals surface area (Å²) in [6.45, 7) is 0. The van der Waals surface area contributed by atoms with E-state index in [1.165, 1.54) is 11.1 Å². The molecule has 2 aromatic heterocycles. The molecule has 0 saturated carbocycles. The van der Waals surface area contributed by atoms with Gasteiger partial charge in [-0.1, -0.05) is 91.0 Å². The maximum Gasteiger partial charge on any atom is 0.135 e. The summed E-state index contributed by atoms with van der Waals surface area (Å²) in [6, 6.07) is 37.6. The Morgan fingerprint density at radius 1 is 0.545 bits per heavy atom. The first-order chi connectivity index (χ1) is 16.3. The number of pyridine rings is 1. The molecule has 0 bridgehead atoms. The predicted molar refractivity (Wildman–Crippen MR) is 138 cm³/mol. The van der Waals surface area contributed by atoms with Crippen LogP contribution in [0.1, 0.15) is 11.1 Å². The zero-order valence-electron chi connectivity index (χ0n) is 18.0. The molecule has 33 heavy (non-hydrogen) atoms. The van der Waals surface area contributed by atoms with E-state index in [-0.39, 0.29) is 0 Å². The van der Waals surface area contributed by atoms with Gasteiger partial charge in [0.05, 0.1) is 5.52 Å². The van der Waals surface area contributed by atoms with E-state index in [0.29, 0.717) is 0 Å². The molecule has 0 unspecified atom stereocenters. The second-order valence-corrected chi connectivity index (χ2v) is 8.15. The number of hydrogen-bond acceptors (Lipinski definition) is 2. The van der Waals surface area contributed by atoms with Gasteiger partial charge in [0.15, 0.2) is 0 Å². The van der Waals surface area contributed by atoms with E-state index < -0.39 is 0 Å². The van der Waals surface area contributed by atoms with Crippen LogP contribution in [0, 0.1) is 0 Å². The highest BCUT2D eigenvalue weighted by Gasteiger charge is 2.08. The zero-order valence-corrected chi connectivity index (χ0v) is 18.0. The van der Waals surface area contributed by atoms with Crippen molar-refractivity contribution in [2.75, 3.05) is 0 Å². The molecule has 0 aliphatic heterocycles. The lowest BCUT2D eigenvalue weighted by Crippen LogP contribution is -1.80. The lowest BCUT2D eigenvalue weighted by Gasteiger charge is -2.00. The molecule has 0 fully saturated rings. The van der Waals surface area contributed by atoms with Crippen LogP contribution in [0.2, 0.25) is 0 Å². The number of para-hydroxylation sites is 1. The van der Waals surface area contributed by atoms with E-state index in [1.807, 2.05) is 30.5 Å². The molecule has 0 atom stereocenters. The second kappa shape index (κ2) is 8.25. The summed E-state index contributed by atoms with van der Waals surface area (Å²) in [5.74, 6) is 0.879. The van der Waals surface area contributed by atoms with Crippen LogP contribution in [-0.2, 0) is 0 Å². The number of fused-ring (bicyclic) bond motifs is 2. The smallest absolute Gasteiger partial charge is 0.135 e. The van der Waals surface area contributed by atoms with Gasteiger partial charge in [-0.05, 0) is 52.6 Å². The third-order valence-corrected chi connectivity index (χ3v) is 5.90. The summed E-state index contributed by atoms with van der Waals surface area (Å²) in [5.41, 5.74) is 7.60. The molecule has 0 N–H and O–H groups in total. The van der Waals surface area contributed by atoms with Gasteiger partial charge in [0, 0.05) is 22.5 Å². The van der Waals surface area contributed by atoms with Gasteiger partial charge in [-0.15, -0.1) is 0 Å². The van der Waals surface area contributed by atoms with Gasteiger partial charge in [-0.25, -0.2) is 0 Å². The summed E-state index contributed by atoms with van der Waals surface area (Å²) < 4.78 is 6.13. The maximum absolute atomic E-state index is 6.13. The van der Waals surface area contributed by atoms with Crippen molar-refractivity contribution in [1.82, 2.24) is 4.98 Å². The number of nitrogens with zero attached hydrogens (tertiary/aromatic N) is 1. The molecular formula is C31H21NO. The third-order valence-electron chi connectivity index (χ3n) is 5.90. The quantitative estimate of drug-likeness (QED) is 0.284. The van der Waals surface area contributed by atoms with Gasteiger partial charge in [0.25, 0.3) is 0 Å². The first kappa shape index (κ1) is 19.3. The van der Waals surface area contributed by atoms with Crippen LogP contribution in [0.3, 0.4) is 0 Å². The average Bonchev–Trinajstić information content (AvgIpc) is 3.32. The van der Waals surface area contributed by atoms with Gasteiger partial charge in [-0.2, -0.15) is 0 Å². The van der Waals surface area contributed by atoms with E-state index in [9.17, 15) is 0 Å². The summed E-state index contributed by atoms with van der Waals surface area (Å²) in [4.78, 5) is 4.53. The average molecular weight is 424 g/mol. The SMILES string of the molecule is C(=Cc1cnc2ccccc2c1)c1ccc(-c2cc3cc(-c4ccccc4)ccc3o2)cc1. The van der Waals surface area contributed by atoms with Crippen molar-refractivity contribution >= 4 is 34.0 Å². The van der Waals surface area contributed by atoms with Crippen molar-refractivity contribution < 1.29 is 4.42 Å². The zero-order chi connectivity index (χ0) is 22.0. The highest BCUT2D eigenvalue weighted by atomic mass is 16.3. The van der Waals surface area contributed by atoms with Crippen molar-refractivity contribution in [1.29, 1.82) is 0 Å². The molecule has 0 radical (unpaired) electrons. The summed E-state index contributed by atoms with van der Waals surface area (Å²) >= 11 is 0. The van der Waals surface area contributed by atoms with E-state index in [2.05, 4.69) is 102 Å². The van der Waals surface area contributed by atoms with Gasteiger partial charge in [0.1, 0.15) is 11.3 Å².